The zero-order valence-corrected chi connectivity index (χ0v) is 10.9. The third-order valence-electron chi connectivity index (χ3n) is 3.39. The zero-order chi connectivity index (χ0) is 13.2. The summed E-state index contributed by atoms with van der Waals surface area (Å²) in [6.07, 6.45) is 0. The van der Waals surface area contributed by atoms with E-state index in [0.717, 1.165) is 22.3 Å². The van der Waals surface area contributed by atoms with Crippen molar-refractivity contribution in [1.82, 2.24) is 0 Å². The third kappa shape index (κ3) is 2.17. The van der Waals surface area contributed by atoms with E-state index in [9.17, 15) is 5.11 Å². The van der Waals surface area contributed by atoms with E-state index in [0.29, 0.717) is 0 Å². The normalized spacial score (nSPS) is 14.2. The maximum Gasteiger partial charge on any atom is 0.127 e. The van der Waals surface area contributed by atoms with Crippen molar-refractivity contribution < 1.29 is 5.11 Å². The predicted octanol–water partition coefficient (Wildman–Crippen LogP) is 2.50. The summed E-state index contributed by atoms with van der Waals surface area (Å²) >= 11 is 0. The van der Waals surface area contributed by atoms with E-state index >= 15 is 0 Å². The van der Waals surface area contributed by atoms with Gasteiger partial charge >= 0.3 is 0 Å². The summed E-state index contributed by atoms with van der Waals surface area (Å²) in [5.41, 5.74) is 8.62. The van der Waals surface area contributed by atoms with Gasteiger partial charge in [0.25, 0.3) is 0 Å². The molecule has 1 unspecified atom stereocenters. The Balaban J connectivity index is 2.60. The maximum absolute atomic E-state index is 10.9. The van der Waals surface area contributed by atoms with Crippen LogP contribution in [0.1, 0.15) is 22.3 Å². The largest absolute Gasteiger partial charge is 0.379 e. The van der Waals surface area contributed by atoms with Crippen molar-refractivity contribution in [3.05, 3.63) is 70.8 Å². The van der Waals surface area contributed by atoms with Crippen LogP contribution in [0.15, 0.2) is 48.5 Å². The van der Waals surface area contributed by atoms with Gasteiger partial charge in [-0.1, -0.05) is 54.1 Å². The summed E-state index contributed by atoms with van der Waals surface area (Å²) in [6.45, 7) is 4.19. The molecule has 0 saturated carbocycles. The van der Waals surface area contributed by atoms with Crippen molar-refractivity contribution in [2.24, 2.45) is 5.73 Å². The van der Waals surface area contributed by atoms with Crippen LogP contribution in [-0.2, 0) is 5.60 Å². The van der Waals surface area contributed by atoms with E-state index in [1.54, 1.807) is 0 Å². The Morgan fingerprint density at radius 3 is 2.33 bits per heavy atom. The molecule has 0 aromatic heterocycles. The van der Waals surface area contributed by atoms with Gasteiger partial charge in [0.05, 0.1) is 0 Å². The van der Waals surface area contributed by atoms with Crippen molar-refractivity contribution in [3.8, 4) is 0 Å². The number of hydrogen-bond acceptors (Lipinski definition) is 2. The van der Waals surface area contributed by atoms with Crippen molar-refractivity contribution in [3.63, 3.8) is 0 Å². The van der Waals surface area contributed by atoms with Gasteiger partial charge < -0.3 is 10.8 Å². The van der Waals surface area contributed by atoms with Gasteiger partial charge in [-0.2, -0.15) is 0 Å². The molecule has 0 aliphatic rings. The molecule has 2 heteroatoms. The van der Waals surface area contributed by atoms with Crippen LogP contribution in [0.5, 0.6) is 0 Å². The highest BCUT2D eigenvalue weighted by molar-refractivity contribution is 5.42. The molecule has 1 atom stereocenters. The Bertz CT molecular complexity index is 536. The van der Waals surface area contributed by atoms with Crippen molar-refractivity contribution in [2.45, 2.75) is 19.4 Å². The van der Waals surface area contributed by atoms with Crippen LogP contribution in [0, 0.1) is 13.8 Å². The lowest BCUT2D eigenvalue weighted by Crippen LogP contribution is -2.36. The molecule has 0 bridgehead atoms. The lowest BCUT2D eigenvalue weighted by Gasteiger charge is -2.29. The maximum atomic E-state index is 10.9. The summed E-state index contributed by atoms with van der Waals surface area (Å²) in [4.78, 5) is 0. The average molecular weight is 241 g/mol. The van der Waals surface area contributed by atoms with E-state index in [1.165, 1.54) is 0 Å². The minimum Gasteiger partial charge on any atom is -0.379 e. The molecular weight excluding hydrogens is 222 g/mol. The first kappa shape index (κ1) is 12.8. The lowest BCUT2D eigenvalue weighted by atomic mass is 9.83. The van der Waals surface area contributed by atoms with E-state index in [-0.39, 0.29) is 6.54 Å². The number of benzene rings is 2. The van der Waals surface area contributed by atoms with Gasteiger partial charge in [0.1, 0.15) is 5.60 Å². The molecule has 94 valence electrons. The van der Waals surface area contributed by atoms with E-state index in [1.807, 2.05) is 62.4 Å². The predicted molar refractivity (Wildman–Crippen MR) is 74.4 cm³/mol. The number of rotatable bonds is 3. The van der Waals surface area contributed by atoms with Crippen LogP contribution in [0.2, 0.25) is 0 Å². The van der Waals surface area contributed by atoms with Gasteiger partial charge in [0, 0.05) is 6.54 Å². The van der Waals surface area contributed by atoms with E-state index < -0.39 is 5.60 Å². The Morgan fingerprint density at radius 1 is 1.06 bits per heavy atom. The summed E-state index contributed by atoms with van der Waals surface area (Å²) in [6, 6.07) is 15.7. The third-order valence-corrected chi connectivity index (χ3v) is 3.39. The highest BCUT2D eigenvalue weighted by Gasteiger charge is 2.31. The Kier molecular flexibility index (Phi) is 3.50. The number of aliphatic hydroxyl groups is 1. The molecule has 2 nitrogen and oxygen atoms in total. The Hall–Kier alpha value is -1.64. The fraction of sp³-hybridized carbons (Fsp3) is 0.250. The van der Waals surface area contributed by atoms with Gasteiger partial charge in [-0.05, 0) is 30.5 Å². The number of hydrogen-bond donors (Lipinski definition) is 2. The first-order valence-electron chi connectivity index (χ1n) is 6.13. The fourth-order valence-electron chi connectivity index (χ4n) is 2.28. The second-order valence-electron chi connectivity index (χ2n) is 4.75. The summed E-state index contributed by atoms with van der Waals surface area (Å²) in [5, 5.41) is 10.9. The Labute approximate surface area is 108 Å². The molecule has 2 aromatic rings. The van der Waals surface area contributed by atoms with Crippen molar-refractivity contribution in [1.29, 1.82) is 0 Å². The molecule has 0 heterocycles. The SMILES string of the molecule is Cc1ccc(C)c(C(O)(CN)c2ccccc2)c1. The van der Waals surface area contributed by atoms with Crippen molar-refractivity contribution >= 4 is 0 Å². The standard InChI is InChI=1S/C16H19NO/c1-12-8-9-13(2)15(10-12)16(18,11-17)14-6-4-3-5-7-14/h3-10,18H,11,17H2,1-2H3. The van der Waals surface area contributed by atoms with Crippen LogP contribution in [0.25, 0.3) is 0 Å². The van der Waals surface area contributed by atoms with Gasteiger partial charge in [-0.15, -0.1) is 0 Å². The van der Waals surface area contributed by atoms with Gasteiger partial charge in [0.15, 0.2) is 0 Å². The summed E-state index contributed by atoms with van der Waals surface area (Å²) < 4.78 is 0. The molecule has 0 aliphatic carbocycles. The van der Waals surface area contributed by atoms with Crippen molar-refractivity contribution in [2.75, 3.05) is 6.54 Å². The van der Waals surface area contributed by atoms with Gasteiger partial charge in [0.2, 0.25) is 0 Å². The van der Waals surface area contributed by atoms with Gasteiger partial charge in [-0.3, -0.25) is 0 Å². The second kappa shape index (κ2) is 4.92. The Morgan fingerprint density at radius 2 is 1.72 bits per heavy atom. The number of nitrogens with two attached hydrogens (primary N) is 1. The van der Waals surface area contributed by atoms with Crippen LogP contribution in [-0.4, -0.2) is 11.7 Å². The quantitative estimate of drug-likeness (QED) is 0.867. The molecule has 2 rings (SSSR count). The highest BCUT2D eigenvalue weighted by atomic mass is 16.3. The van der Waals surface area contributed by atoms with E-state index in [2.05, 4.69) is 0 Å². The molecule has 2 aromatic carbocycles. The molecule has 3 N–H and O–H groups in total. The summed E-state index contributed by atoms with van der Waals surface area (Å²) in [7, 11) is 0. The minimum absolute atomic E-state index is 0.168. The van der Waals surface area contributed by atoms with Crippen LogP contribution in [0.4, 0.5) is 0 Å². The molecule has 0 fully saturated rings. The molecule has 0 saturated heterocycles. The number of aryl methyl sites for hydroxylation is 2. The molecular formula is C16H19NO. The smallest absolute Gasteiger partial charge is 0.127 e. The minimum atomic E-state index is -1.11. The summed E-state index contributed by atoms with van der Waals surface area (Å²) in [5.74, 6) is 0. The monoisotopic (exact) mass is 241 g/mol. The molecule has 0 aliphatic heterocycles. The van der Waals surface area contributed by atoms with Crippen LogP contribution < -0.4 is 5.73 Å². The zero-order valence-electron chi connectivity index (χ0n) is 10.9. The van der Waals surface area contributed by atoms with E-state index in [4.69, 9.17) is 5.73 Å². The van der Waals surface area contributed by atoms with Crippen LogP contribution >= 0.6 is 0 Å². The second-order valence-corrected chi connectivity index (χ2v) is 4.75. The van der Waals surface area contributed by atoms with Crippen LogP contribution in [0.3, 0.4) is 0 Å². The molecule has 18 heavy (non-hydrogen) atoms. The molecule has 0 amide bonds. The first-order valence-corrected chi connectivity index (χ1v) is 6.13. The molecule has 0 radical (unpaired) electrons. The fourth-order valence-corrected chi connectivity index (χ4v) is 2.28. The van der Waals surface area contributed by atoms with Gasteiger partial charge in [-0.25, -0.2) is 0 Å². The topological polar surface area (TPSA) is 46.2 Å². The highest BCUT2D eigenvalue weighted by Crippen LogP contribution is 2.31. The average Bonchev–Trinajstić information content (AvgIpc) is 2.41. The lowest BCUT2D eigenvalue weighted by molar-refractivity contribution is 0.0895. The first-order chi connectivity index (χ1) is 8.58. The molecule has 0 spiro atoms.